The molecule has 0 aliphatic carbocycles. The van der Waals surface area contributed by atoms with Crippen LogP contribution in [0, 0.1) is 6.92 Å². The van der Waals surface area contributed by atoms with Crippen LogP contribution in [0.5, 0.6) is 0 Å². The van der Waals surface area contributed by atoms with Crippen LogP contribution in [0.2, 0.25) is 0 Å². The van der Waals surface area contributed by atoms with Crippen molar-refractivity contribution in [3.63, 3.8) is 0 Å². The number of amides is 2. The summed E-state index contributed by atoms with van der Waals surface area (Å²) in [6.07, 6.45) is 3.43. The molecule has 128 valence electrons. The third kappa shape index (κ3) is 3.65. The zero-order chi connectivity index (χ0) is 17.8. The lowest BCUT2D eigenvalue weighted by atomic mass is 10.1. The number of carbonyl (C=O) groups is 2. The van der Waals surface area contributed by atoms with Crippen molar-refractivity contribution < 1.29 is 9.59 Å². The minimum atomic E-state index is -0.634. The van der Waals surface area contributed by atoms with Crippen LogP contribution >= 0.6 is 0 Å². The molecule has 2 amide bonds. The van der Waals surface area contributed by atoms with Gasteiger partial charge in [0, 0.05) is 18.9 Å². The van der Waals surface area contributed by atoms with Gasteiger partial charge < -0.3 is 5.32 Å². The van der Waals surface area contributed by atoms with E-state index in [1.54, 1.807) is 31.5 Å². The van der Waals surface area contributed by atoms with Gasteiger partial charge in [-0.2, -0.15) is 0 Å². The average Bonchev–Trinajstić information content (AvgIpc) is 2.63. The number of anilines is 1. The van der Waals surface area contributed by atoms with E-state index in [4.69, 9.17) is 0 Å². The van der Waals surface area contributed by atoms with Crippen LogP contribution in [0.1, 0.15) is 18.1 Å². The number of nitrogens with one attached hydrogen (secondary N) is 2. The lowest BCUT2D eigenvalue weighted by Crippen LogP contribution is -2.57. The van der Waals surface area contributed by atoms with Gasteiger partial charge in [0.15, 0.2) is 0 Å². The van der Waals surface area contributed by atoms with E-state index in [2.05, 4.69) is 20.7 Å². The topological polar surface area (TPSA) is 86.7 Å². The Bertz CT molecular complexity index is 819. The highest BCUT2D eigenvalue weighted by Crippen LogP contribution is 2.16. The van der Waals surface area contributed by atoms with Crippen molar-refractivity contribution in [3.8, 4) is 0 Å². The zero-order valence-corrected chi connectivity index (χ0v) is 14.1. The minimum absolute atomic E-state index is 0.114. The first-order valence-electron chi connectivity index (χ1n) is 7.97. The first kappa shape index (κ1) is 16.6. The normalized spacial score (nSPS) is 16.9. The summed E-state index contributed by atoms with van der Waals surface area (Å²) < 4.78 is 0. The second-order valence-electron chi connectivity index (χ2n) is 5.76. The SMILES string of the molecule is Cc1cnccc1CNC(=O)C1=NC(C)C(=O)N(c2ccccc2)N1. The van der Waals surface area contributed by atoms with Gasteiger partial charge in [-0.25, -0.2) is 10.0 Å². The maximum Gasteiger partial charge on any atom is 0.288 e. The number of rotatable bonds is 4. The van der Waals surface area contributed by atoms with Crippen LogP contribution in [0.4, 0.5) is 5.69 Å². The lowest BCUT2D eigenvalue weighted by molar-refractivity contribution is -0.120. The maximum atomic E-state index is 12.5. The van der Waals surface area contributed by atoms with Gasteiger partial charge in [-0.3, -0.25) is 20.0 Å². The van der Waals surface area contributed by atoms with Crippen LogP contribution in [0.25, 0.3) is 0 Å². The summed E-state index contributed by atoms with van der Waals surface area (Å²) in [5.41, 5.74) is 5.44. The fraction of sp³-hybridized carbons (Fsp3) is 0.222. The van der Waals surface area contributed by atoms with Gasteiger partial charge in [-0.15, -0.1) is 0 Å². The molecular weight excluding hydrogens is 318 g/mol. The van der Waals surface area contributed by atoms with Crippen molar-refractivity contribution in [1.29, 1.82) is 0 Å². The van der Waals surface area contributed by atoms with E-state index in [0.29, 0.717) is 12.2 Å². The number of hydrogen-bond donors (Lipinski definition) is 2. The molecule has 0 spiro atoms. The van der Waals surface area contributed by atoms with E-state index in [0.717, 1.165) is 11.1 Å². The maximum absolute atomic E-state index is 12.5. The van der Waals surface area contributed by atoms with Crippen molar-refractivity contribution in [2.75, 3.05) is 5.01 Å². The number of benzene rings is 1. The number of carbonyl (C=O) groups excluding carboxylic acids is 2. The molecule has 1 aromatic heterocycles. The molecular formula is C18H19N5O2. The number of para-hydroxylation sites is 1. The van der Waals surface area contributed by atoms with Crippen molar-refractivity contribution in [2.24, 2.45) is 4.99 Å². The molecule has 1 atom stereocenters. The van der Waals surface area contributed by atoms with Crippen molar-refractivity contribution >= 4 is 23.3 Å². The number of aromatic nitrogens is 1. The molecule has 1 aromatic carbocycles. The van der Waals surface area contributed by atoms with Crippen molar-refractivity contribution in [1.82, 2.24) is 15.7 Å². The van der Waals surface area contributed by atoms with E-state index in [9.17, 15) is 9.59 Å². The molecule has 25 heavy (non-hydrogen) atoms. The fourth-order valence-electron chi connectivity index (χ4n) is 2.46. The highest BCUT2D eigenvalue weighted by molar-refractivity contribution is 6.39. The highest BCUT2D eigenvalue weighted by atomic mass is 16.2. The lowest BCUT2D eigenvalue weighted by Gasteiger charge is -2.30. The Morgan fingerprint density at radius 3 is 2.76 bits per heavy atom. The zero-order valence-electron chi connectivity index (χ0n) is 14.1. The molecule has 0 radical (unpaired) electrons. The number of aliphatic imine (C=N–C) groups is 1. The molecule has 7 nitrogen and oxygen atoms in total. The summed E-state index contributed by atoms with van der Waals surface area (Å²) >= 11 is 0. The largest absolute Gasteiger partial charge is 0.345 e. The number of aryl methyl sites for hydroxylation is 1. The molecule has 1 aliphatic rings. The van der Waals surface area contributed by atoms with Gasteiger partial charge in [0.1, 0.15) is 6.04 Å². The van der Waals surface area contributed by atoms with Gasteiger partial charge in [0.25, 0.3) is 11.8 Å². The molecule has 0 bridgehead atoms. The smallest absolute Gasteiger partial charge is 0.288 e. The standard InChI is InChI=1S/C18H19N5O2/c1-12-10-19-9-8-14(12)11-20-17(24)16-21-13(2)18(25)23(22-16)15-6-4-3-5-7-15/h3-10,13H,11H2,1-2H3,(H,20,24)(H,21,22). The monoisotopic (exact) mass is 337 g/mol. The molecule has 2 heterocycles. The third-order valence-corrected chi connectivity index (χ3v) is 3.92. The third-order valence-electron chi connectivity index (χ3n) is 3.92. The Morgan fingerprint density at radius 2 is 2.04 bits per heavy atom. The summed E-state index contributed by atoms with van der Waals surface area (Å²) in [4.78, 5) is 33.0. The molecule has 1 unspecified atom stereocenters. The van der Waals surface area contributed by atoms with Gasteiger partial charge in [0.05, 0.1) is 5.69 Å². The summed E-state index contributed by atoms with van der Waals surface area (Å²) in [5.74, 6) is -0.466. The minimum Gasteiger partial charge on any atom is -0.345 e. The molecule has 2 N–H and O–H groups in total. The molecule has 0 saturated carbocycles. The average molecular weight is 337 g/mol. The number of amidine groups is 1. The summed E-state index contributed by atoms with van der Waals surface area (Å²) in [6.45, 7) is 3.96. The Labute approximate surface area is 145 Å². The van der Waals surface area contributed by atoms with Gasteiger partial charge >= 0.3 is 0 Å². The number of nitrogens with zero attached hydrogens (tertiary/aromatic N) is 3. The molecule has 0 saturated heterocycles. The van der Waals surface area contributed by atoms with Crippen LogP contribution < -0.4 is 15.8 Å². The van der Waals surface area contributed by atoms with E-state index < -0.39 is 6.04 Å². The first-order valence-corrected chi connectivity index (χ1v) is 7.97. The second-order valence-corrected chi connectivity index (χ2v) is 5.76. The Morgan fingerprint density at radius 1 is 1.28 bits per heavy atom. The summed E-state index contributed by atoms with van der Waals surface area (Å²) in [7, 11) is 0. The van der Waals surface area contributed by atoms with Crippen LogP contribution in [0.3, 0.4) is 0 Å². The van der Waals surface area contributed by atoms with E-state index in [1.165, 1.54) is 5.01 Å². The highest BCUT2D eigenvalue weighted by Gasteiger charge is 2.30. The Kier molecular flexibility index (Phi) is 4.74. The van der Waals surface area contributed by atoms with E-state index in [1.807, 2.05) is 31.2 Å². The van der Waals surface area contributed by atoms with Gasteiger partial charge in [-0.1, -0.05) is 18.2 Å². The Hall–Kier alpha value is -3.22. The summed E-state index contributed by atoms with van der Waals surface area (Å²) in [6, 6.07) is 10.3. The molecule has 7 heteroatoms. The van der Waals surface area contributed by atoms with Crippen LogP contribution in [-0.4, -0.2) is 28.7 Å². The predicted molar refractivity (Wildman–Crippen MR) is 94.8 cm³/mol. The number of pyridine rings is 1. The second kappa shape index (κ2) is 7.12. The van der Waals surface area contributed by atoms with Crippen molar-refractivity contribution in [3.05, 3.63) is 59.9 Å². The summed E-state index contributed by atoms with van der Waals surface area (Å²) in [5, 5.41) is 4.17. The molecule has 1 aliphatic heterocycles. The molecule has 2 aromatic rings. The van der Waals surface area contributed by atoms with Gasteiger partial charge in [-0.05, 0) is 43.2 Å². The molecule has 3 rings (SSSR count). The predicted octanol–water partition coefficient (Wildman–Crippen LogP) is 1.34. The Balaban J connectivity index is 1.73. The van der Waals surface area contributed by atoms with E-state index in [-0.39, 0.29) is 17.6 Å². The van der Waals surface area contributed by atoms with Crippen LogP contribution in [0.15, 0.2) is 53.8 Å². The van der Waals surface area contributed by atoms with Crippen LogP contribution in [-0.2, 0) is 16.1 Å². The number of hydrazine groups is 1. The quantitative estimate of drug-likeness (QED) is 0.881. The fourth-order valence-corrected chi connectivity index (χ4v) is 2.46. The van der Waals surface area contributed by atoms with Gasteiger partial charge in [0.2, 0.25) is 5.84 Å². The first-order chi connectivity index (χ1) is 12.1. The van der Waals surface area contributed by atoms with E-state index >= 15 is 0 Å². The molecule has 0 fully saturated rings. The number of hydrogen-bond acceptors (Lipinski definition) is 5. The van der Waals surface area contributed by atoms with Crippen molar-refractivity contribution in [2.45, 2.75) is 26.4 Å².